The lowest BCUT2D eigenvalue weighted by atomic mass is 10.2. The Morgan fingerprint density at radius 3 is 2.71 bits per heavy atom. The minimum absolute atomic E-state index is 0.106. The van der Waals surface area contributed by atoms with E-state index in [2.05, 4.69) is 20.2 Å². The van der Waals surface area contributed by atoms with Crippen molar-refractivity contribution in [1.29, 1.82) is 0 Å². The number of hydrogen-bond acceptors (Lipinski definition) is 7. The zero-order valence-corrected chi connectivity index (χ0v) is 15.9. The van der Waals surface area contributed by atoms with Gasteiger partial charge in [-0.25, -0.2) is 15.0 Å². The fourth-order valence-electron chi connectivity index (χ4n) is 3.37. The zero-order chi connectivity index (χ0) is 19.5. The van der Waals surface area contributed by atoms with Crippen molar-refractivity contribution in [1.82, 2.24) is 19.5 Å². The van der Waals surface area contributed by atoms with E-state index in [1.165, 1.54) is 12.4 Å². The molecule has 0 saturated carbocycles. The quantitative estimate of drug-likeness (QED) is 0.726. The van der Waals surface area contributed by atoms with Gasteiger partial charge in [-0.3, -0.25) is 9.36 Å². The van der Waals surface area contributed by atoms with Crippen LogP contribution in [-0.2, 0) is 7.05 Å². The van der Waals surface area contributed by atoms with Crippen molar-refractivity contribution in [2.75, 3.05) is 30.4 Å². The lowest BCUT2D eigenvalue weighted by Crippen LogP contribution is -2.32. The van der Waals surface area contributed by atoms with Crippen LogP contribution in [0.5, 0.6) is 5.75 Å². The second-order valence-electron chi connectivity index (χ2n) is 6.74. The van der Waals surface area contributed by atoms with Crippen LogP contribution >= 0.6 is 0 Å². The molecule has 4 rings (SSSR count). The molecule has 0 radical (unpaired) electrons. The molecule has 1 saturated heterocycles. The Morgan fingerprint density at radius 2 is 2.00 bits per heavy atom. The average molecular weight is 378 g/mol. The van der Waals surface area contributed by atoms with Gasteiger partial charge >= 0.3 is 0 Å². The topological polar surface area (TPSA) is 85.2 Å². The van der Waals surface area contributed by atoms with Crippen molar-refractivity contribution in [3.8, 4) is 17.1 Å². The van der Waals surface area contributed by atoms with E-state index in [4.69, 9.17) is 9.72 Å². The third kappa shape index (κ3) is 3.66. The summed E-state index contributed by atoms with van der Waals surface area (Å²) in [4.78, 5) is 27.4. The van der Waals surface area contributed by atoms with E-state index in [-0.39, 0.29) is 11.6 Å². The summed E-state index contributed by atoms with van der Waals surface area (Å²) in [7, 11) is 3.41. The standard InChI is InChI=1S/C20H22N6O2/c1-25-19(27)11-18(17-7-9-21-13-22-17)24-20(25)26-10-8-15(12-26)23-14-3-5-16(28-2)6-4-14/h3-7,9,11,13,15,23H,8,10,12H2,1-2H3. The van der Waals surface area contributed by atoms with E-state index in [0.717, 1.165) is 30.9 Å². The van der Waals surface area contributed by atoms with E-state index in [9.17, 15) is 4.79 Å². The minimum Gasteiger partial charge on any atom is -0.497 e. The fourth-order valence-corrected chi connectivity index (χ4v) is 3.37. The van der Waals surface area contributed by atoms with Gasteiger partial charge in [0.05, 0.1) is 18.5 Å². The average Bonchev–Trinajstić information content (AvgIpc) is 3.19. The van der Waals surface area contributed by atoms with Crippen molar-refractivity contribution in [2.24, 2.45) is 7.05 Å². The minimum atomic E-state index is -0.106. The van der Waals surface area contributed by atoms with Gasteiger partial charge in [-0.2, -0.15) is 0 Å². The predicted molar refractivity (Wildman–Crippen MR) is 108 cm³/mol. The number of methoxy groups -OCH3 is 1. The number of aromatic nitrogens is 4. The summed E-state index contributed by atoms with van der Waals surface area (Å²) >= 11 is 0. The Labute approximate surface area is 162 Å². The van der Waals surface area contributed by atoms with E-state index >= 15 is 0 Å². The largest absolute Gasteiger partial charge is 0.497 e. The highest BCUT2D eigenvalue weighted by Crippen LogP contribution is 2.23. The normalized spacial score (nSPS) is 16.2. The Balaban J connectivity index is 1.53. The molecule has 1 atom stereocenters. The third-order valence-electron chi connectivity index (χ3n) is 4.89. The summed E-state index contributed by atoms with van der Waals surface area (Å²) in [6.07, 6.45) is 4.06. The predicted octanol–water partition coefficient (Wildman–Crippen LogP) is 1.94. The van der Waals surface area contributed by atoms with Gasteiger partial charge in [0.2, 0.25) is 5.95 Å². The molecule has 1 aromatic carbocycles. The summed E-state index contributed by atoms with van der Waals surface area (Å²) in [5, 5.41) is 3.54. The molecule has 0 aliphatic carbocycles. The van der Waals surface area contributed by atoms with Crippen LogP contribution in [-0.4, -0.2) is 45.8 Å². The first-order valence-electron chi connectivity index (χ1n) is 9.14. The van der Waals surface area contributed by atoms with Crippen molar-refractivity contribution >= 4 is 11.6 Å². The molecule has 1 aliphatic rings. The van der Waals surface area contributed by atoms with Crippen molar-refractivity contribution in [3.05, 3.63) is 59.3 Å². The molecule has 3 aromatic rings. The van der Waals surface area contributed by atoms with E-state index in [1.54, 1.807) is 31.0 Å². The monoisotopic (exact) mass is 378 g/mol. The second kappa shape index (κ2) is 7.67. The molecule has 1 unspecified atom stereocenters. The van der Waals surface area contributed by atoms with Crippen molar-refractivity contribution < 1.29 is 4.74 Å². The van der Waals surface area contributed by atoms with E-state index in [0.29, 0.717) is 17.3 Å². The molecule has 1 fully saturated rings. The molecule has 1 aliphatic heterocycles. The van der Waals surface area contributed by atoms with Crippen LogP contribution in [0.2, 0.25) is 0 Å². The lowest BCUT2D eigenvalue weighted by molar-refractivity contribution is 0.415. The summed E-state index contributed by atoms with van der Waals surface area (Å²) in [6.45, 7) is 1.58. The summed E-state index contributed by atoms with van der Waals surface area (Å²) < 4.78 is 6.78. The number of nitrogens with zero attached hydrogens (tertiary/aromatic N) is 5. The van der Waals surface area contributed by atoms with Gasteiger partial charge in [0, 0.05) is 44.1 Å². The van der Waals surface area contributed by atoms with Gasteiger partial charge in [-0.05, 0) is 36.8 Å². The van der Waals surface area contributed by atoms with Gasteiger partial charge in [0.1, 0.15) is 12.1 Å². The Morgan fingerprint density at radius 1 is 1.18 bits per heavy atom. The summed E-state index contributed by atoms with van der Waals surface area (Å²) in [5.74, 6) is 1.49. The van der Waals surface area contributed by atoms with Gasteiger partial charge in [0.25, 0.3) is 5.56 Å². The highest BCUT2D eigenvalue weighted by atomic mass is 16.5. The van der Waals surface area contributed by atoms with Crippen LogP contribution in [0.25, 0.3) is 11.4 Å². The van der Waals surface area contributed by atoms with Crippen LogP contribution in [0.3, 0.4) is 0 Å². The first kappa shape index (κ1) is 18.0. The maximum atomic E-state index is 12.4. The molecule has 3 heterocycles. The highest BCUT2D eigenvalue weighted by Gasteiger charge is 2.25. The van der Waals surface area contributed by atoms with Crippen molar-refractivity contribution in [3.63, 3.8) is 0 Å². The van der Waals surface area contributed by atoms with Crippen LogP contribution in [0, 0.1) is 0 Å². The first-order valence-corrected chi connectivity index (χ1v) is 9.14. The maximum Gasteiger partial charge on any atom is 0.255 e. The van der Waals surface area contributed by atoms with Crippen molar-refractivity contribution in [2.45, 2.75) is 12.5 Å². The maximum absolute atomic E-state index is 12.4. The van der Waals surface area contributed by atoms with Crippen LogP contribution in [0.1, 0.15) is 6.42 Å². The molecule has 8 heteroatoms. The van der Waals surface area contributed by atoms with Gasteiger partial charge in [0.15, 0.2) is 0 Å². The summed E-state index contributed by atoms with van der Waals surface area (Å²) in [6, 6.07) is 11.4. The van der Waals surface area contributed by atoms with E-state index < -0.39 is 0 Å². The molecule has 28 heavy (non-hydrogen) atoms. The number of rotatable bonds is 5. The van der Waals surface area contributed by atoms with Crippen LogP contribution in [0.15, 0.2) is 53.7 Å². The number of nitrogens with one attached hydrogen (secondary N) is 1. The van der Waals surface area contributed by atoms with Gasteiger partial charge < -0.3 is 15.0 Å². The van der Waals surface area contributed by atoms with Gasteiger partial charge in [-0.1, -0.05) is 0 Å². The molecule has 2 aromatic heterocycles. The number of anilines is 2. The Bertz CT molecular complexity index is 1000. The third-order valence-corrected chi connectivity index (χ3v) is 4.89. The molecule has 0 bridgehead atoms. The molecular formula is C20H22N6O2. The molecule has 144 valence electrons. The molecule has 8 nitrogen and oxygen atoms in total. The van der Waals surface area contributed by atoms with Gasteiger partial charge in [-0.15, -0.1) is 0 Å². The Hall–Kier alpha value is -3.42. The highest BCUT2D eigenvalue weighted by molar-refractivity contribution is 5.55. The van der Waals surface area contributed by atoms with Crippen LogP contribution in [0.4, 0.5) is 11.6 Å². The van der Waals surface area contributed by atoms with Crippen LogP contribution < -0.4 is 20.5 Å². The lowest BCUT2D eigenvalue weighted by Gasteiger charge is -2.21. The first-order chi connectivity index (χ1) is 13.6. The molecule has 1 N–H and O–H groups in total. The smallest absolute Gasteiger partial charge is 0.255 e. The SMILES string of the molecule is COc1ccc(NC2CCN(c3nc(-c4ccncn4)cc(=O)n3C)C2)cc1. The molecule has 0 amide bonds. The zero-order valence-electron chi connectivity index (χ0n) is 15.9. The number of ether oxygens (including phenoxy) is 1. The number of hydrogen-bond donors (Lipinski definition) is 1. The Kier molecular flexibility index (Phi) is 4.92. The summed E-state index contributed by atoms with van der Waals surface area (Å²) in [5.41, 5.74) is 2.14. The van der Waals surface area contributed by atoms with E-state index in [1.807, 2.05) is 24.3 Å². The fraction of sp³-hybridized carbons (Fsp3) is 0.300. The number of benzene rings is 1. The molecular weight excluding hydrogens is 356 g/mol. The second-order valence-corrected chi connectivity index (χ2v) is 6.74. The molecule has 0 spiro atoms.